The molecule has 0 aliphatic carbocycles. The number of imidazole rings is 1. The molecule has 0 radical (unpaired) electrons. The van der Waals surface area contributed by atoms with Gasteiger partial charge in [0.15, 0.2) is 0 Å². The zero-order valence-electron chi connectivity index (χ0n) is 15.1. The number of benzene rings is 2. The Morgan fingerprint density at radius 1 is 1.04 bits per heavy atom. The van der Waals surface area contributed by atoms with Crippen molar-refractivity contribution < 1.29 is 4.79 Å². The maximum atomic E-state index is 12.8. The molecule has 1 amide bonds. The van der Waals surface area contributed by atoms with Gasteiger partial charge in [-0.2, -0.15) is 5.10 Å². The number of carbonyl (C=O) groups is 1. The number of hydrogen-bond donors (Lipinski definition) is 3. The minimum absolute atomic E-state index is 0.0682. The van der Waals surface area contributed by atoms with Crippen LogP contribution in [0, 0.1) is 0 Å². The topological polar surface area (TPSA) is 104 Å². The fourth-order valence-corrected chi connectivity index (χ4v) is 3.24. The van der Waals surface area contributed by atoms with Gasteiger partial charge in [-0.3, -0.25) is 9.59 Å². The molecule has 140 valence electrons. The molecule has 1 atom stereocenters. The number of fused-ring (bicyclic) bond motifs is 1. The van der Waals surface area contributed by atoms with Gasteiger partial charge in [0.1, 0.15) is 5.82 Å². The molecule has 0 aliphatic rings. The zero-order valence-corrected chi connectivity index (χ0v) is 15.1. The molecule has 2 heterocycles. The van der Waals surface area contributed by atoms with Gasteiger partial charge in [-0.05, 0) is 11.6 Å². The number of aromatic amines is 2. The van der Waals surface area contributed by atoms with Crippen LogP contribution < -0.4 is 10.9 Å². The molecule has 2 aromatic heterocycles. The number of rotatable bonds is 6. The molecule has 0 aliphatic heterocycles. The number of nitrogens with zero attached hydrogens (tertiary/aromatic N) is 2. The summed E-state index contributed by atoms with van der Waals surface area (Å²) in [6.45, 7) is 0. The molecule has 0 spiro atoms. The summed E-state index contributed by atoms with van der Waals surface area (Å²) >= 11 is 0. The number of H-pyrrole nitrogens is 2. The summed E-state index contributed by atoms with van der Waals surface area (Å²) in [5.74, 6) is 0.617. The van der Waals surface area contributed by atoms with Crippen LogP contribution in [0.1, 0.15) is 23.1 Å². The van der Waals surface area contributed by atoms with Crippen LogP contribution in [0.4, 0.5) is 0 Å². The van der Waals surface area contributed by atoms with Gasteiger partial charge < -0.3 is 10.3 Å². The van der Waals surface area contributed by atoms with Crippen LogP contribution in [-0.2, 0) is 17.6 Å². The van der Waals surface area contributed by atoms with Crippen LogP contribution in [0.5, 0.6) is 0 Å². The molecule has 3 N–H and O–H groups in total. The van der Waals surface area contributed by atoms with Crippen molar-refractivity contribution in [2.75, 3.05) is 0 Å². The summed E-state index contributed by atoms with van der Waals surface area (Å²) in [5.41, 5.74) is 1.27. The molecule has 0 bridgehead atoms. The maximum absolute atomic E-state index is 12.8. The normalized spacial score (nSPS) is 12.0. The molecule has 28 heavy (non-hydrogen) atoms. The van der Waals surface area contributed by atoms with Crippen LogP contribution in [-0.4, -0.2) is 26.1 Å². The Kier molecular flexibility index (Phi) is 4.97. The zero-order chi connectivity index (χ0) is 19.3. The first-order valence-corrected chi connectivity index (χ1v) is 8.99. The minimum atomic E-state index is -0.264. The van der Waals surface area contributed by atoms with Crippen molar-refractivity contribution in [2.45, 2.75) is 18.9 Å². The Hall–Kier alpha value is -3.74. The molecule has 0 saturated carbocycles. The van der Waals surface area contributed by atoms with Crippen molar-refractivity contribution >= 4 is 16.7 Å². The van der Waals surface area contributed by atoms with Crippen molar-refractivity contribution in [3.63, 3.8) is 0 Å². The standard InChI is InChI=1S/C21H19N5O2/c27-20(13-18-15-8-4-5-9-16(15)21(28)26-25-18)24-17(12-19-22-10-11-23-19)14-6-2-1-3-7-14/h1-11,17H,12-13H2,(H,22,23)(H,24,27)(H,26,28)/t17-/m0/s1. The van der Waals surface area contributed by atoms with Gasteiger partial charge in [0, 0.05) is 24.2 Å². The fraction of sp³-hybridized carbons (Fsp3) is 0.143. The number of aromatic nitrogens is 4. The SMILES string of the molecule is O=C(Cc1n[nH]c(=O)c2ccccc12)N[C@@H](Cc1ncc[nH]1)c1ccccc1. The van der Waals surface area contributed by atoms with Crippen LogP contribution >= 0.6 is 0 Å². The first-order valence-electron chi connectivity index (χ1n) is 8.99. The van der Waals surface area contributed by atoms with E-state index in [2.05, 4.69) is 25.5 Å². The lowest BCUT2D eigenvalue weighted by Gasteiger charge is -2.18. The van der Waals surface area contributed by atoms with E-state index in [9.17, 15) is 9.59 Å². The highest BCUT2D eigenvalue weighted by Crippen LogP contribution is 2.18. The van der Waals surface area contributed by atoms with Crippen molar-refractivity contribution in [1.82, 2.24) is 25.5 Å². The van der Waals surface area contributed by atoms with Crippen molar-refractivity contribution in [3.8, 4) is 0 Å². The first kappa shape index (κ1) is 17.7. The third-order valence-electron chi connectivity index (χ3n) is 4.59. The van der Waals surface area contributed by atoms with Crippen LogP contribution in [0.3, 0.4) is 0 Å². The van der Waals surface area contributed by atoms with E-state index in [1.165, 1.54) is 0 Å². The second kappa shape index (κ2) is 7.87. The van der Waals surface area contributed by atoms with Crippen molar-refractivity contribution in [2.24, 2.45) is 0 Å². The average molecular weight is 373 g/mol. The smallest absolute Gasteiger partial charge is 0.272 e. The van der Waals surface area contributed by atoms with E-state index in [-0.39, 0.29) is 23.9 Å². The third-order valence-corrected chi connectivity index (χ3v) is 4.59. The first-order chi connectivity index (χ1) is 13.7. The van der Waals surface area contributed by atoms with Gasteiger partial charge in [-0.1, -0.05) is 48.5 Å². The van der Waals surface area contributed by atoms with E-state index in [4.69, 9.17) is 0 Å². The maximum Gasteiger partial charge on any atom is 0.272 e. The number of amides is 1. The molecule has 0 fully saturated rings. The summed E-state index contributed by atoms with van der Waals surface area (Å²) in [5, 5.41) is 10.8. The molecular weight excluding hydrogens is 354 g/mol. The molecule has 7 heteroatoms. The Labute approximate surface area is 160 Å². The lowest BCUT2D eigenvalue weighted by atomic mass is 10.0. The summed E-state index contributed by atoms with van der Waals surface area (Å²) in [7, 11) is 0. The van der Waals surface area contributed by atoms with Crippen LogP contribution in [0.2, 0.25) is 0 Å². The largest absolute Gasteiger partial charge is 0.349 e. The van der Waals surface area contributed by atoms with Crippen molar-refractivity contribution in [3.05, 3.63) is 94.4 Å². The Bertz CT molecular complexity index is 1140. The minimum Gasteiger partial charge on any atom is -0.349 e. The van der Waals surface area contributed by atoms with E-state index in [0.717, 1.165) is 11.4 Å². The predicted octanol–water partition coefficient (Wildman–Crippen LogP) is 2.29. The Morgan fingerprint density at radius 3 is 2.54 bits per heavy atom. The molecule has 4 aromatic rings. The van der Waals surface area contributed by atoms with Crippen molar-refractivity contribution in [1.29, 1.82) is 0 Å². The predicted molar refractivity (Wildman–Crippen MR) is 106 cm³/mol. The highest BCUT2D eigenvalue weighted by Gasteiger charge is 2.18. The van der Waals surface area contributed by atoms with Gasteiger partial charge in [0.2, 0.25) is 5.91 Å². The lowest BCUT2D eigenvalue weighted by molar-refractivity contribution is -0.121. The average Bonchev–Trinajstić information content (AvgIpc) is 3.24. The van der Waals surface area contributed by atoms with Gasteiger partial charge in [0.05, 0.1) is 23.5 Å². The van der Waals surface area contributed by atoms with Crippen LogP contribution in [0.15, 0.2) is 71.8 Å². The Balaban J connectivity index is 1.57. The molecule has 0 unspecified atom stereocenters. The van der Waals surface area contributed by atoms with Gasteiger partial charge >= 0.3 is 0 Å². The number of carbonyl (C=O) groups excluding carboxylic acids is 1. The van der Waals surface area contributed by atoms with E-state index >= 15 is 0 Å². The highest BCUT2D eigenvalue weighted by atomic mass is 16.1. The highest BCUT2D eigenvalue weighted by molar-refractivity contribution is 5.88. The molecule has 0 saturated heterocycles. The fourth-order valence-electron chi connectivity index (χ4n) is 3.24. The molecule has 7 nitrogen and oxygen atoms in total. The van der Waals surface area contributed by atoms with E-state index in [1.54, 1.807) is 30.6 Å². The number of hydrogen-bond acceptors (Lipinski definition) is 4. The van der Waals surface area contributed by atoms with Crippen LogP contribution in [0.25, 0.3) is 10.8 Å². The second-order valence-corrected chi connectivity index (χ2v) is 6.49. The summed E-state index contributed by atoms with van der Waals surface area (Å²) in [4.78, 5) is 32.0. The van der Waals surface area contributed by atoms with Gasteiger partial charge in [0.25, 0.3) is 5.56 Å². The van der Waals surface area contributed by atoms with Gasteiger partial charge in [-0.25, -0.2) is 10.1 Å². The lowest BCUT2D eigenvalue weighted by Crippen LogP contribution is -2.32. The van der Waals surface area contributed by atoms with Gasteiger partial charge in [-0.15, -0.1) is 0 Å². The summed E-state index contributed by atoms with van der Waals surface area (Å²) in [6, 6.07) is 16.7. The summed E-state index contributed by atoms with van der Waals surface area (Å²) in [6.07, 6.45) is 4.06. The Morgan fingerprint density at radius 2 is 1.79 bits per heavy atom. The second-order valence-electron chi connectivity index (χ2n) is 6.49. The number of nitrogens with one attached hydrogen (secondary N) is 3. The third kappa shape index (κ3) is 3.83. The van der Waals surface area contributed by atoms with E-state index in [1.807, 2.05) is 36.4 Å². The summed E-state index contributed by atoms with van der Waals surface area (Å²) < 4.78 is 0. The molecule has 2 aromatic carbocycles. The molecule has 4 rings (SSSR count). The quantitative estimate of drug-likeness (QED) is 0.482. The molecular formula is C21H19N5O2. The monoisotopic (exact) mass is 373 g/mol. The van der Waals surface area contributed by atoms with E-state index in [0.29, 0.717) is 22.9 Å². The van der Waals surface area contributed by atoms with E-state index < -0.39 is 0 Å².